The quantitative estimate of drug-likeness (QED) is 0.756. The lowest BCUT2D eigenvalue weighted by atomic mass is 9.91. The molecular weight excluding hydrogens is 274 g/mol. The fourth-order valence-corrected chi connectivity index (χ4v) is 3.77. The summed E-state index contributed by atoms with van der Waals surface area (Å²) in [5, 5.41) is 14.2. The van der Waals surface area contributed by atoms with Crippen LogP contribution in [-0.2, 0) is 21.0 Å². The Morgan fingerprint density at radius 2 is 1.55 bits per heavy atom. The Labute approximate surface area is 133 Å². The van der Waals surface area contributed by atoms with Crippen LogP contribution in [0, 0.1) is 11.3 Å². The highest BCUT2D eigenvalue weighted by atomic mass is 16.8. The SMILES string of the molecule is CC1(C)CC1C=C([O])ON1C(C)(C)c2ccccc2C1(C)C. The van der Waals surface area contributed by atoms with Crippen LogP contribution in [0.25, 0.3) is 0 Å². The van der Waals surface area contributed by atoms with Crippen molar-refractivity contribution >= 4 is 0 Å². The van der Waals surface area contributed by atoms with Crippen molar-refractivity contribution in [2.24, 2.45) is 11.3 Å². The summed E-state index contributed by atoms with van der Waals surface area (Å²) in [5.41, 5.74) is 2.03. The minimum atomic E-state index is -0.331. The summed E-state index contributed by atoms with van der Waals surface area (Å²) in [4.78, 5) is 5.81. The van der Waals surface area contributed by atoms with Gasteiger partial charge in [0.2, 0.25) is 0 Å². The van der Waals surface area contributed by atoms with Gasteiger partial charge in [0.05, 0.1) is 11.1 Å². The molecule has 0 aromatic heterocycles. The van der Waals surface area contributed by atoms with Crippen LogP contribution in [0.1, 0.15) is 59.1 Å². The first kappa shape index (κ1) is 15.4. The van der Waals surface area contributed by atoms with Crippen molar-refractivity contribution in [3.63, 3.8) is 0 Å². The van der Waals surface area contributed by atoms with E-state index in [1.807, 2.05) is 17.2 Å². The van der Waals surface area contributed by atoms with Gasteiger partial charge in [-0.3, -0.25) is 0 Å². The van der Waals surface area contributed by atoms with Crippen LogP contribution in [-0.4, -0.2) is 5.06 Å². The number of benzene rings is 1. The highest BCUT2D eigenvalue weighted by molar-refractivity contribution is 5.42. The molecule has 1 aliphatic heterocycles. The molecule has 119 valence electrons. The summed E-state index contributed by atoms with van der Waals surface area (Å²) in [6.45, 7) is 12.8. The molecule has 0 amide bonds. The van der Waals surface area contributed by atoms with Crippen molar-refractivity contribution in [3.8, 4) is 0 Å². The Hall–Kier alpha value is -1.48. The third-order valence-electron chi connectivity index (χ3n) is 5.37. The van der Waals surface area contributed by atoms with Crippen LogP contribution in [0.3, 0.4) is 0 Å². The number of hydroxylamine groups is 2. The second kappa shape index (κ2) is 4.51. The van der Waals surface area contributed by atoms with Gasteiger partial charge in [-0.1, -0.05) is 38.1 Å². The molecule has 1 unspecified atom stereocenters. The Morgan fingerprint density at radius 1 is 1.09 bits per heavy atom. The molecule has 1 heterocycles. The van der Waals surface area contributed by atoms with Gasteiger partial charge in [0.1, 0.15) is 0 Å². The minimum absolute atomic E-state index is 0.232. The predicted molar refractivity (Wildman–Crippen MR) is 86.1 cm³/mol. The zero-order valence-electron chi connectivity index (χ0n) is 14.4. The third-order valence-corrected chi connectivity index (χ3v) is 5.37. The fourth-order valence-electron chi connectivity index (χ4n) is 3.77. The fraction of sp³-hybridized carbons (Fsp3) is 0.579. The van der Waals surface area contributed by atoms with E-state index in [-0.39, 0.29) is 22.4 Å². The van der Waals surface area contributed by atoms with Crippen molar-refractivity contribution in [3.05, 3.63) is 47.4 Å². The first-order valence-corrected chi connectivity index (χ1v) is 8.04. The molecule has 1 radical (unpaired) electrons. The smallest absolute Gasteiger partial charge is 0.345 e. The summed E-state index contributed by atoms with van der Waals surface area (Å²) >= 11 is 0. The van der Waals surface area contributed by atoms with E-state index in [0.29, 0.717) is 5.92 Å². The maximum absolute atomic E-state index is 12.3. The highest BCUT2D eigenvalue weighted by Gasteiger charge is 2.52. The first-order chi connectivity index (χ1) is 10.1. The maximum atomic E-state index is 12.3. The zero-order valence-corrected chi connectivity index (χ0v) is 14.4. The van der Waals surface area contributed by atoms with E-state index < -0.39 is 0 Å². The molecule has 22 heavy (non-hydrogen) atoms. The molecule has 3 nitrogen and oxygen atoms in total. The van der Waals surface area contributed by atoms with Crippen LogP contribution < -0.4 is 0 Å². The number of hydrogen-bond acceptors (Lipinski definition) is 2. The van der Waals surface area contributed by atoms with Crippen LogP contribution in [0.15, 0.2) is 36.3 Å². The molecule has 3 rings (SSSR count). The monoisotopic (exact) mass is 300 g/mol. The van der Waals surface area contributed by atoms with Gasteiger partial charge in [-0.25, -0.2) is 5.11 Å². The zero-order chi connectivity index (χ0) is 16.3. The lowest BCUT2D eigenvalue weighted by Crippen LogP contribution is -2.45. The number of rotatable bonds is 3. The Balaban J connectivity index is 1.88. The van der Waals surface area contributed by atoms with E-state index in [2.05, 4.69) is 53.7 Å². The maximum Gasteiger partial charge on any atom is 0.345 e. The van der Waals surface area contributed by atoms with Gasteiger partial charge in [-0.05, 0) is 56.6 Å². The summed E-state index contributed by atoms with van der Waals surface area (Å²) < 4.78 is 0. The van der Waals surface area contributed by atoms with E-state index in [9.17, 15) is 5.11 Å². The summed E-state index contributed by atoms with van der Waals surface area (Å²) in [5.74, 6) is 0.112. The number of hydrogen-bond donors (Lipinski definition) is 0. The Kier molecular flexibility index (Phi) is 3.16. The van der Waals surface area contributed by atoms with Crippen molar-refractivity contribution in [2.75, 3.05) is 0 Å². The standard InChI is InChI=1S/C19H26NO2/c1-17(2)12-13(17)11-16(21)22-20-18(3,4)14-9-7-8-10-15(14)19(20,5)6/h7-11,13H,12H2,1-6H3. The van der Waals surface area contributed by atoms with E-state index in [0.717, 1.165) is 6.42 Å². The average Bonchev–Trinajstić information content (AvgIpc) is 2.97. The number of allylic oxidation sites excluding steroid dienone is 1. The molecule has 1 aromatic carbocycles. The molecule has 0 saturated heterocycles. The van der Waals surface area contributed by atoms with Crippen LogP contribution >= 0.6 is 0 Å². The summed E-state index contributed by atoms with van der Waals surface area (Å²) in [6.07, 6.45) is 2.81. The molecule has 0 bridgehead atoms. The molecular formula is C19H26NO2. The lowest BCUT2D eigenvalue weighted by Gasteiger charge is -2.38. The van der Waals surface area contributed by atoms with Gasteiger partial charge in [0, 0.05) is 6.08 Å². The van der Waals surface area contributed by atoms with Crippen molar-refractivity contribution in [2.45, 2.75) is 59.0 Å². The van der Waals surface area contributed by atoms with E-state index in [1.165, 1.54) is 11.1 Å². The van der Waals surface area contributed by atoms with Crippen LogP contribution in [0.2, 0.25) is 0 Å². The Morgan fingerprint density at radius 3 is 1.95 bits per heavy atom. The summed E-state index contributed by atoms with van der Waals surface area (Å²) in [7, 11) is 0. The van der Waals surface area contributed by atoms with Crippen molar-refractivity contribution < 1.29 is 9.94 Å². The molecule has 0 spiro atoms. The highest BCUT2D eigenvalue weighted by Crippen LogP contribution is 2.53. The van der Waals surface area contributed by atoms with Gasteiger partial charge in [-0.2, -0.15) is 0 Å². The van der Waals surface area contributed by atoms with Gasteiger partial charge >= 0.3 is 5.95 Å². The number of fused-ring (bicyclic) bond motifs is 1. The minimum Gasteiger partial charge on any atom is -0.363 e. The van der Waals surface area contributed by atoms with Crippen LogP contribution in [0.4, 0.5) is 0 Å². The van der Waals surface area contributed by atoms with Gasteiger partial charge in [0.15, 0.2) is 0 Å². The van der Waals surface area contributed by atoms with E-state index >= 15 is 0 Å². The normalized spacial score (nSPS) is 28.3. The molecule has 1 saturated carbocycles. The Bertz CT molecular complexity index is 593. The number of nitrogens with zero attached hydrogens (tertiary/aromatic N) is 1. The molecule has 1 aromatic rings. The first-order valence-electron chi connectivity index (χ1n) is 8.04. The molecule has 0 N–H and O–H groups in total. The van der Waals surface area contributed by atoms with Crippen LogP contribution in [0.5, 0.6) is 0 Å². The molecule has 2 aliphatic rings. The lowest BCUT2D eigenvalue weighted by molar-refractivity contribution is -0.262. The van der Waals surface area contributed by atoms with Crippen molar-refractivity contribution in [1.82, 2.24) is 5.06 Å². The summed E-state index contributed by atoms with van der Waals surface area (Å²) in [6, 6.07) is 8.33. The van der Waals surface area contributed by atoms with Gasteiger partial charge in [-0.15, -0.1) is 5.06 Å². The second-order valence-electron chi connectivity index (χ2n) is 8.33. The second-order valence-corrected chi connectivity index (χ2v) is 8.33. The van der Waals surface area contributed by atoms with E-state index in [4.69, 9.17) is 4.84 Å². The molecule has 3 heteroatoms. The predicted octanol–water partition coefficient (Wildman–Crippen LogP) is 4.72. The largest absolute Gasteiger partial charge is 0.363 e. The molecule has 1 fully saturated rings. The average molecular weight is 300 g/mol. The topological polar surface area (TPSA) is 32.4 Å². The van der Waals surface area contributed by atoms with E-state index in [1.54, 1.807) is 6.08 Å². The van der Waals surface area contributed by atoms with Gasteiger partial charge < -0.3 is 4.84 Å². The molecule has 1 aliphatic carbocycles. The third kappa shape index (κ3) is 2.23. The van der Waals surface area contributed by atoms with Crippen molar-refractivity contribution in [1.29, 1.82) is 0 Å². The van der Waals surface area contributed by atoms with Gasteiger partial charge in [0.25, 0.3) is 0 Å². The molecule has 1 atom stereocenters.